The molecule has 2 heterocycles. The highest BCUT2D eigenvalue weighted by Gasteiger charge is 2.21. The molecule has 1 unspecified atom stereocenters. The first kappa shape index (κ1) is 17.2. The van der Waals surface area contributed by atoms with Gasteiger partial charge in [-0.15, -0.1) is 0 Å². The van der Waals surface area contributed by atoms with Gasteiger partial charge in [-0.25, -0.2) is 4.98 Å². The van der Waals surface area contributed by atoms with Gasteiger partial charge < -0.3 is 19.7 Å². The quantitative estimate of drug-likeness (QED) is 0.864. The first-order chi connectivity index (χ1) is 12.1. The maximum absolute atomic E-state index is 12.2. The third kappa shape index (κ3) is 4.68. The lowest BCUT2D eigenvalue weighted by molar-refractivity contribution is -0.0498. The van der Waals surface area contributed by atoms with Crippen LogP contribution in [-0.2, 0) is 0 Å². The Morgan fingerprint density at radius 1 is 1.24 bits per heavy atom. The topological polar surface area (TPSA) is 59.5 Å². The summed E-state index contributed by atoms with van der Waals surface area (Å²) in [5.74, 6) is 1.21. The maximum Gasteiger partial charge on any atom is 0.387 e. The van der Waals surface area contributed by atoms with Crippen LogP contribution >= 0.6 is 0 Å². The number of alkyl halides is 2. The van der Waals surface area contributed by atoms with Gasteiger partial charge in [-0.05, 0) is 37.1 Å². The molecule has 0 radical (unpaired) electrons. The van der Waals surface area contributed by atoms with Crippen LogP contribution in [0, 0.1) is 0 Å². The fourth-order valence-electron chi connectivity index (χ4n) is 2.88. The van der Waals surface area contributed by atoms with Crippen molar-refractivity contribution in [2.45, 2.75) is 25.5 Å². The summed E-state index contributed by atoms with van der Waals surface area (Å²) < 4.78 is 33.9. The Labute approximate surface area is 144 Å². The molecule has 0 bridgehead atoms. The molecule has 1 atom stereocenters. The summed E-state index contributed by atoms with van der Waals surface area (Å²) in [7, 11) is 1.57. The highest BCUT2D eigenvalue weighted by Crippen LogP contribution is 2.24. The predicted molar refractivity (Wildman–Crippen MR) is 90.5 cm³/mol. The molecular formula is C17H20F2N4O2. The number of hydrogen-bond acceptors (Lipinski definition) is 6. The molecular weight excluding hydrogens is 330 g/mol. The van der Waals surface area contributed by atoms with Crippen molar-refractivity contribution in [1.82, 2.24) is 9.97 Å². The van der Waals surface area contributed by atoms with Gasteiger partial charge in [-0.3, -0.25) is 0 Å². The van der Waals surface area contributed by atoms with Crippen molar-refractivity contribution < 1.29 is 18.3 Å². The van der Waals surface area contributed by atoms with Crippen molar-refractivity contribution in [1.29, 1.82) is 0 Å². The Morgan fingerprint density at radius 3 is 2.76 bits per heavy atom. The third-order valence-corrected chi connectivity index (χ3v) is 4.02. The summed E-state index contributed by atoms with van der Waals surface area (Å²) in [5.41, 5.74) is 0.972. The molecule has 8 heteroatoms. The molecule has 1 aliphatic rings. The van der Waals surface area contributed by atoms with E-state index >= 15 is 0 Å². The van der Waals surface area contributed by atoms with Crippen LogP contribution in [0.15, 0.2) is 36.5 Å². The summed E-state index contributed by atoms with van der Waals surface area (Å²) in [5, 5.41) is 3.33. The number of aromatic nitrogens is 2. The largest absolute Gasteiger partial charge is 0.481 e. The molecule has 0 amide bonds. The fourth-order valence-corrected chi connectivity index (χ4v) is 2.88. The molecule has 0 spiro atoms. The number of ether oxygens (including phenoxy) is 2. The number of anilines is 2. The lowest BCUT2D eigenvalue weighted by Gasteiger charge is -2.34. The Hall–Kier alpha value is -2.64. The SMILES string of the molecule is COc1ccnc(NC2CCCN(c3ccc(OC(F)F)cc3)C2)n1. The average molecular weight is 350 g/mol. The summed E-state index contributed by atoms with van der Waals surface area (Å²) in [6.07, 6.45) is 3.66. The Balaban J connectivity index is 1.62. The van der Waals surface area contributed by atoms with Gasteiger partial charge in [0.25, 0.3) is 0 Å². The lowest BCUT2D eigenvalue weighted by Crippen LogP contribution is -2.42. The molecule has 1 saturated heterocycles. The van der Waals surface area contributed by atoms with Crippen LogP contribution in [0.3, 0.4) is 0 Å². The molecule has 2 aromatic rings. The molecule has 1 aromatic carbocycles. The second-order valence-electron chi connectivity index (χ2n) is 5.72. The van der Waals surface area contributed by atoms with Crippen LogP contribution in [-0.4, -0.2) is 42.8 Å². The average Bonchev–Trinajstić information content (AvgIpc) is 2.62. The Kier molecular flexibility index (Phi) is 5.47. The second-order valence-corrected chi connectivity index (χ2v) is 5.72. The van der Waals surface area contributed by atoms with Crippen LogP contribution in [0.2, 0.25) is 0 Å². The van der Waals surface area contributed by atoms with Crippen LogP contribution in [0.25, 0.3) is 0 Å². The number of halogens is 2. The standard InChI is InChI=1S/C17H20F2N4O2/c1-24-15-8-9-20-17(22-15)21-12-3-2-10-23(11-12)13-4-6-14(7-5-13)25-16(18)19/h4-9,12,16H,2-3,10-11H2,1H3,(H,20,21,22). The van der Waals surface area contributed by atoms with Crippen molar-refractivity contribution in [2.24, 2.45) is 0 Å². The summed E-state index contributed by atoms with van der Waals surface area (Å²) in [4.78, 5) is 10.7. The summed E-state index contributed by atoms with van der Waals surface area (Å²) in [6, 6.07) is 8.59. The van der Waals surface area contributed by atoms with E-state index in [9.17, 15) is 8.78 Å². The van der Waals surface area contributed by atoms with Crippen molar-refractivity contribution in [3.8, 4) is 11.6 Å². The van der Waals surface area contributed by atoms with Gasteiger partial charge in [-0.1, -0.05) is 0 Å². The molecule has 134 valence electrons. The van der Waals surface area contributed by atoms with E-state index in [0.717, 1.165) is 31.6 Å². The highest BCUT2D eigenvalue weighted by molar-refractivity contribution is 5.50. The number of rotatable bonds is 6. The van der Waals surface area contributed by atoms with Gasteiger partial charge in [0.1, 0.15) is 5.75 Å². The van der Waals surface area contributed by atoms with E-state index in [2.05, 4.69) is 24.9 Å². The minimum absolute atomic E-state index is 0.162. The fraction of sp³-hybridized carbons (Fsp3) is 0.412. The van der Waals surface area contributed by atoms with Gasteiger partial charge in [-0.2, -0.15) is 13.8 Å². The van der Waals surface area contributed by atoms with Crippen LogP contribution in [0.5, 0.6) is 11.6 Å². The molecule has 0 aliphatic carbocycles. The maximum atomic E-state index is 12.2. The van der Waals surface area contributed by atoms with E-state index in [1.54, 1.807) is 43.6 Å². The number of methoxy groups -OCH3 is 1. The molecule has 1 N–H and O–H groups in total. The highest BCUT2D eigenvalue weighted by atomic mass is 19.3. The number of benzene rings is 1. The zero-order valence-electron chi connectivity index (χ0n) is 13.9. The number of nitrogens with one attached hydrogen (secondary N) is 1. The summed E-state index contributed by atoms with van der Waals surface area (Å²) >= 11 is 0. The van der Waals surface area contributed by atoms with Gasteiger partial charge >= 0.3 is 6.61 Å². The molecule has 25 heavy (non-hydrogen) atoms. The minimum Gasteiger partial charge on any atom is -0.481 e. The lowest BCUT2D eigenvalue weighted by atomic mass is 10.0. The smallest absolute Gasteiger partial charge is 0.387 e. The van der Waals surface area contributed by atoms with Gasteiger partial charge in [0, 0.05) is 37.1 Å². The van der Waals surface area contributed by atoms with Crippen LogP contribution < -0.4 is 19.7 Å². The Bertz CT molecular complexity index is 685. The molecule has 1 fully saturated rings. The zero-order valence-corrected chi connectivity index (χ0v) is 13.9. The van der Waals surface area contributed by atoms with E-state index in [4.69, 9.17) is 4.74 Å². The van der Waals surface area contributed by atoms with Crippen LogP contribution in [0.1, 0.15) is 12.8 Å². The molecule has 1 aliphatic heterocycles. The van der Waals surface area contributed by atoms with Gasteiger partial charge in [0.15, 0.2) is 0 Å². The third-order valence-electron chi connectivity index (χ3n) is 4.02. The van der Waals surface area contributed by atoms with E-state index in [-0.39, 0.29) is 11.8 Å². The van der Waals surface area contributed by atoms with Crippen molar-refractivity contribution in [3.63, 3.8) is 0 Å². The number of hydrogen-bond donors (Lipinski definition) is 1. The minimum atomic E-state index is -2.81. The van der Waals surface area contributed by atoms with Crippen molar-refractivity contribution >= 4 is 11.6 Å². The molecule has 6 nitrogen and oxygen atoms in total. The normalized spacial score (nSPS) is 17.4. The van der Waals surface area contributed by atoms with E-state index in [0.29, 0.717) is 11.8 Å². The number of nitrogens with zero attached hydrogens (tertiary/aromatic N) is 3. The molecule has 3 rings (SSSR count). The predicted octanol–water partition coefficient (Wildman–Crippen LogP) is 3.17. The van der Waals surface area contributed by atoms with Gasteiger partial charge in [0.05, 0.1) is 7.11 Å². The number of piperidine rings is 1. The van der Waals surface area contributed by atoms with Crippen LogP contribution in [0.4, 0.5) is 20.4 Å². The van der Waals surface area contributed by atoms with Gasteiger partial charge in [0.2, 0.25) is 11.8 Å². The summed E-state index contributed by atoms with van der Waals surface area (Å²) in [6.45, 7) is -1.13. The van der Waals surface area contributed by atoms with E-state index < -0.39 is 6.61 Å². The monoisotopic (exact) mass is 350 g/mol. The van der Waals surface area contributed by atoms with Crippen molar-refractivity contribution in [2.75, 3.05) is 30.4 Å². The first-order valence-corrected chi connectivity index (χ1v) is 8.07. The van der Waals surface area contributed by atoms with E-state index in [1.807, 2.05) is 0 Å². The second kappa shape index (κ2) is 7.96. The molecule has 0 saturated carbocycles. The molecule has 1 aromatic heterocycles. The Morgan fingerprint density at radius 2 is 2.04 bits per heavy atom. The van der Waals surface area contributed by atoms with Crippen molar-refractivity contribution in [3.05, 3.63) is 36.5 Å². The first-order valence-electron chi connectivity index (χ1n) is 8.07. The zero-order chi connectivity index (χ0) is 17.6. The van der Waals surface area contributed by atoms with E-state index in [1.165, 1.54) is 0 Å².